The average Bonchev–Trinajstić information content (AvgIpc) is 3.27. The molecular weight excluding hydrogens is 708 g/mol. The van der Waals surface area contributed by atoms with E-state index in [1.807, 2.05) is 0 Å². The maximum absolute atomic E-state index is 15.0. The molecule has 3 rings (SSSR count). The van der Waals surface area contributed by atoms with Crippen LogP contribution in [0.4, 0.5) is 0 Å². The van der Waals surface area contributed by atoms with Gasteiger partial charge in [-0.05, 0) is 19.1 Å². The summed E-state index contributed by atoms with van der Waals surface area (Å²) in [7, 11) is 0. The van der Waals surface area contributed by atoms with E-state index in [4.69, 9.17) is 33.2 Å². The molecule has 0 N–H and O–H groups in total. The number of allylic oxidation sites excluding steroid dienone is 1. The van der Waals surface area contributed by atoms with Gasteiger partial charge >= 0.3 is 41.8 Å². The molecule has 54 heavy (non-hydrogen) atoms. The van der Waals surface area contributed by atoms with Crippen molar-refractivity contribution in [3.8, 4) is 0 Å². The van der Waals surface area contributed by atoms with E-state index in [0.29, 0.717) is 0 Å². The number of carbonyl (C=O) groups excluding carboxylic acids is 8. The zero-order chi connectivity index (χ0) is 40.9. The predicted octanol–water partition coefficient (Wildman–Crippen LogP) is 3.94. The first-order chi connectivity index (χ1) is 25.0. The second kappa shape index (κ2) is 16.8. The lowest BCUT2D eigenvalue weighted by molar-refractivity contribution is -0.194. The summed E-state index contributed by atoms with van der Waals surface area (Å²) in [4.78, 5) is 106. The molecule has 1 aromatic carbocycles. The zero-order valence-electron chi connectivity index (χ0n) is 32.1. The molecule has 1 aromatic rings. The summed E-state index contributed by atoms with van der Waals surface area (Å²) in [6.45, 7) is 16.5. The second-order valence-electron chi connectivity index (χ2n) is 14.4. The molecule has 1 fully saturated rings. The summed E-state index contributed by atoms with van der Waals surface area (Å²) in [5.41, 5.74) is -5.95. The van der Waals surface area contributed by atoms with Gasteiger partial charge in [-0.3, -0.25) is 33.6 Å². The highest BCUT2D eigenvalue weighted by Gasteiger charge is 2.72. The number of Topliss-reactive ketones (excluding diaryl/α,β-unsaturated/α-hetero) is 1. The highest BCUT2D eigenvalue weighted by atomic mass is 16.6. The smallest absolute Gasteiger partial charge is 0.338 e. The fourth-order valence-electron chi connectivity index (χ4n) is 7.25. The molecule has 294 valence electrons. The maximum atomic E-state index is 15.0. The van der Waals surface area contributed by atoms with Crippen molar-refractivity contribution in [1.29, 1.82) is 0 Å². The molecular formula is C39H48O15. The van der Waals surface area contributed by atoms with Gasteiger partial charge in [-0.1, -0.05) is 57.7 Å². The number of ketones is 1. The van der Waals surface area contributed by atoms with E-state index < -0.39 is 113 Å². The van der Waals surface area contributed by atoms with Crippen molar-refractivity contribution < 1.29 is 71.5 Å². The summed E-state index contributed by atoms with van der Waals surface area (Å²) >= 11 is 0. The number of ether oxygens (including phenoxy) is 7. The molecule has 0 saturated heterocycles. The summed E-state index contributed by atoms with van der Waals surface area (Å²) < 4.78 is 40.9. The van der Waals surface area contributed by atoms with Crippen LogP contribution < -0.4 is 0 Å². The number of carbonyl (C=O) groups is 8. The van der Waals surface area contributed by atoms with Gasteiger partial charge in [0.05, 0.1) is 11.5 Å². The van der Waals surface area contributed by atoms with Gasteiger partial charge in [0.25, 0.3) is 0 Å². The first-order valence-corrected chi connectivity index (χ1v) is 17.2. The van der Waals surface area contributed by atoms with Crippen LogP contribution in [0.1, 0.15) is 86.0 Å². The van der Waals surface area contributed by atoms with Crippen molar-refractivity contribution in [3.05, 3.63) is 60.2 Å². The van der Waals surface area contributed by atoms with E-state index in [2.05, 4.69) is 6.58 Å². The Hall–Kier alpha value is -5.34. The van der Waals surface area contributed by atoms with Crippen LogP contribution in [0.15, 0.2) is 54.6 Å². The molecule has 0 spiro atoms. The number of hydrogen-bond donors (Lipinski definition) is 0. The van der Waals surface area contributed by atoms with Gasteiger partial charge in [0.1, 0.15) is 6.10 Å². The monoisotopic (exact) mass is 756 g/mol. The predicted molar refractivity (Wildman–Crippen MR) is 187 cm³/mol. The van der Waals surface area contributed by atoms with Gasteiger partial charge < -0.3 is 33.2 Å². The van der Waals surface area contributed by atoms with Crippen LogP contribution in [0.5, 0.6) is 0 Å². The number of benzene rings is 1. The number of rotatable bonds is 8. The summed E-state index contributed by atoms with van der Waals surface area (Å²) in [5, 5.41) is 0. The molecule has 2 aliphatic rings. The van der Waals surface area contributed by atoms with Gasteiger partial charge in [0.15, 0.2) is 41.4 Å². The lowest BCUT2D eigenvalue weighted by Gasteiger charge is -2.44. The normalized spacial score (nSPS) is 31.2. The Kier molecular flexibility index (Phi) is 13.4. The summed E-state index contributed by atoms with van der Waals surface area (Å²) in [5.74, 6) is -10.1. The van der Waals surface area contributed by atoms with E-state index >= 15 is 4.79 Å². The third-order valence-electron chi connectivity index (χ3n) is 9.25. The number of hydrogen-bond acceptors (Lipinski definition) is 15. The Morgan fingerprint density at radius 3 is 1.67 bits per heavy atom. The van der Waals surface area contributed by atoms with Crippen molar-refractivity contribution in [2.45, 2.75) is 117 Å². The quantitative estimate of drug-likeness (QED) is 0.210. The largest absolute Gasteiger partial charge is 0.458 e. The van der Waals surface area contributed by atoms with Gasteiger partial charge in [-0.2, -0.15) is 0 Å². The average molecular weight is 757 g/mol. The van der Waals surface area contributed by atoms with Crippen LogP contribution in [-0.4, -0.2) is 89.3 Å². The molecule has 9 atom stereocenters. The Morgan fingerprint density at radius 2 is 1.17 bits per heavy atom. The highest BCUT2D eigenvalue weighted by Crippen LogP contribution is 2.54. The topological polar surface area (TPSA) is 201 Å². The van der Waals surface area contributed by atoms with Crippen LogP contribution in [0, 0.1) is 17.3 Å². The van der Waals surface area contributed by atoms with Crippen molar-refractivity contribution in [1.82, 2.24) is 0 Å². The lowest BCUT2D eigenvalue weighted by atomic mass is 9.72. The molecule has 0 heterocycles. The van der Waals surface area contributed by atoms with Gasteiger partial charge in [-0.15, -0.1) is 0 Å². The molecule has 1 saturated carbocycles. The third kappa shape index (κ3) is 9.60. The van der Waals surface area contributed by atoms with Crippen LogP contribution >= 0.6 is 0 Å². The molecule has 0 unspecified atom stereocenters. The molecule has 15 nitrogen and oxygen atoms in total. The number of esters is 7. The van der Waals surface area contributed by atoms with Crippen LogP contribution in [0.2, 0.25) is 0 Å². The first-order valence-electron chi connectivity index (χ1n) is 17.2. The minimum absolute atomic E-state index is 0.0918. The van der Waals surface area contributed by atoms with E-state index in [1.165, 1.54) is 38.1 Å². The standard InChI is InChI=1S/C39H48O15/c1-20-17-18-37(9,10)35(52-26(7)44)32(50-24(5)42)31(49-23(4)41)21(2)30(48-22(3)40)29-34(51-25(6)43)38(11,19-39(29,33(20)46)53-27(8)45)54-36(47)28-15-13-12-14-16-28/h12-18,20,29-32,34-35H,2,19H2,1,3-11H3/b18-17-/t20-,29-,30-,31-,32+,34+,35+,38+,39+/m0/s1. The third-order valence-corrected chi connectivity index (χ3v) is 9.25. The molecule has 0 radical (unpaired) electrons. The Bertz CT molecular complexity index is 1710. The van der Waals surface area contributed by atoms with Crippen molar-refractivity contribution in [2.24, 2.45) is 17.3 Å². The minimum Gasteiger partial charge on any atom is -0.458 e. The molecule has 2 aliphatic carbocycles. The van der Waals surface area contributed by atoms with E-state index in [0.717, 1.165) is 41.5 Å². The minimum atomic E-state index is -2.40. The van der Waals surface area contributed by atoms with Gasteiger partial charge in [0, 0.05) is 64.9 Å². The fourth-order valence-corrected chi connectivity index (χ4v) is 7.25. The van der Waals surface area contributed by atoms with Gasteiger partial charge in [-0.25, -0.2) is 4.79 Å². The van der Waals surface area contributed by atoms with E-state index in [1.54, 1.807) is 32.0 Å². The second-order valence-corrected chi connectivity index (χ2v) is 14.4. The SMILES string of the molecule is C=C1[C@H](OC(C)=O)[C@@H](OC(C)=O)[C@@H](OC(C)=O)C(C)(C)/C=C\[C@H](C)C(=O)[C@@]2(OC(C)=O)C[C@@](C)(OC(=O)c3ccccc3)[C@H](OC(C)=O)[C@@H]2[C@H]1OC(C)=O. The fraction of sp³-hybridized carbons (Fsp3) is 0.538. The van der Waals surface area contributed by atoms with Crippen molar-refractivity contribution in [2.75, 3.05) is 0 Å². The molecule has 15 heteroatoms. The first kappa shape index (κ1) is 43.1. The molecule has 0 amide bonds. The maximum Gasteiger partial charge on any atom is 0.338 e. The molecule has 0 bridgehead atoms. The van der Waals surface area contributed by atoms with E-state index in [9.17, 15) is 33.6 Å². The van der Waals surface area contributed by atoms with Crippen molar-refractivity contribution >= 4 is 47.6 Å². The lowest BCUT2D eigenvalue weighted by Crippen LogP contribution is -2.59. The number of fused-ring (bicyclic) bond motifs is 1. The zero-order valence-corrected chi connectivity index (χ0v) is 32.1. The Morgan fingerprint density at radius 1 is 0.667 bits per heavy atom. The Balaban J connectivity index is 2.56. The van der Waals surface area contributed by atoms with Crippen LogP contribution in [-0.2, 0) is 66.7 Å². The molecule has 0 aliphatic heterocycles. The van der Waals surface area contributed by atoms with Crippen molar-refractivity contribution in [3.63, 3.8) is 0 Å². The summed E-state index contributed by atoms with van der Waals surface area (Å²) in [6, 6.07) is 7.78. The van der Waals surface area contributed by atoms with Gasteiger partial charge in [0.2, 0.25) is 0 Å². The highest BCUT2D eigenvalue weighted by molar-refractivity contribution is 5.94. The van der Waals surface area contributed by atoms with E-state index in [-0.39, 0.29) is 11.1 Å². The van der Waals surface area contributed by atoms with Crippen LogP contribution in [0.25, 0.3) is 0 Å². The van der Waals surface area contributed by atoms with Crippen LogP contribution in [0.3, 0.4) is 0 Å². The summed E-state index contributed by atoms with van der Waals surface area (Å²) in [6.07, 6.45) is -6.18. The molecule has 0 aromatic heterocycles. The Labute approximate surface area is 313 Å².